The van der Waals surface area contributed by atoms with E-state index >= 15 is 0 Å². The van der Waals surface area contributed by atoms with Gasteiger partial charge in [-0.2, -0.15) is 0 Å². The van der Waals surface area contributed by atoms with E-state index in [9.17, 15) is 4.79 Å². The van der Waals surface area contributed by atoms with Crippen molar-refractivity contribution in [3.8, 4) is 0 Å². The van der Waals surface area contributed by atoms with Crippen LogP contribution in [0.1, 0.15) is 6.92 Å². The lowest BCUT2D eigenvalue weighted by molar-refractivity contribution is -0.251. The van der Waals surface area contributed by atoms with E-state index in [1.165, 1.54) is 21.3 Å². The summed E-state index contributed by atoms with van der Waals surface area (Å²) in [7, 11) is 4.47. The summed E-state index contributed by atoms with van der Waals surface area (Å²) >= 11 is 0. The first-order chi connectivity index (χ1) is 6.65. The number of ketones is 1. The molecule has 1 aliphatic rings. The number of carbonyl (C=O) groups excluding carboxylic acids is 1. The molecule has 0 aromatic heterocycles. The molecule has 1 saturated heterocycles. The molecule has 1 heterocycles. The predicted octanol–water partition coefficient (Wildman–Crippen LogP) is -0.0233. The quantitative estimate of drug-likeness (QED) is 0.646. The van der Waals surface area contributed by atoms with E-state index in [-0.39, 0.29) is 5.78 Å². The molecule has 0 aromatic rings. The summed E-state index contributed by atoms with van der Waals surface area (Å²) in [6, 6.07) is 0. The fourth-order valence-electron chi connectivity index (χ4n) is 1.56. The first-order valence-electron chi connectivity index (χ1n) is 4.43. The SMILES string of the molecule is CO[C@H]1O[C@H](C)C(=O)[C@H](OC)[C@H]1OC. The van der Waals surface area contributed by atoms with Gasteiger partial charge in [-0.05, 0) is 6.92 Å². The van der Waals surface area contributed by atoms with Gasteiger partial charge in [0.05, 0.1) is 0 Å². The molecule has 1 fully saturated rings. The molecule has 0 N–H and O–H groups in total. The summed E-state index contributed by atoms with van der Waals surface area (Å²) in [4.78, 5) is 11.6. The summed E-state index contributed by atoms with van der Waals surface area (Å²) < 4.78 is 20.6. The third-order valence-corrected chi connectivity index (χ3v) is 2.34. The van der Waals surface area contributed by atoms with Crippen LogP contribution >= 0.6 is 0 Å². The minimum Gasteiger partial charge on any atom is -0.373 e. The first-order valence-corrected chi connectivity index (χ1v) is 4.43. The van der Waals surface area contributed by atoms with Gasteiger partial charge in [0.1, 0.15) is 18.3 Å². The van der Waals surface area contributed by atoms with Gasteiger partial charge in [-0.25, -0.2) is 0 Å². The molecule has 0 unspecified atom stereocenters. The van der Waals surface area contributed by atoms with Gasteiger partial charge in [-0.15, -0.1) is 0 Å². The van der Waals surface area contributed by atoms with Gasteiger partial charge in [0.15, 0.2) is 12.1 Å². The lowest BCUT2D eigenvalue weighted by Gasteiger charge is -2.37. The van der Waals surface area contributed by atoms with E-state index in [0.29, 0.717) is 0 Å². The molecule has 0 aliphatic carbocycles. The van der Waals surface area contributed by atoms with Gasteiger partial charge in [0, 0.05) is 21.3 Å². The third kappa shape index (κ3) is 1.95. The average Bonchev–Trinajstić information content (AvgIpc) is 2.20. The minimum atomic E-state index is -0.617. The Morgan fingerprint density at radius 3 is 2.21 bits per heavy atom. The molecule has 0 amide bonds. The van der Waals surface area contributed by atoms with Crippen LogP contribution in [0.3, 0.4) is 0 Å². The van der Waals surface area contributed by atoms with Gasteiger partial charge < -0.3 is 18.9 Å². The Bertz CT molecular complexity index is 205. The summed E-state index contributed by atoms with van der Waals surface area (Å²) in [6.07, 6.45) is -2.20. The van der Waals surface area contributed by atoms with Crippen LogP contribution in [0.4, 0.5) is 0 Å². The van der Waals surface area contributed by atoms with Crippen molar-refractivity contribution in [3.63, 3.8) is 0 Å². The van der Waals surface area contributed by atoms with Gasteiger partial charge >= 0.3 is 0 Å². The van der Waals surface area contributed by atoms with E-state index in [4.69, 9.17) is 18.9 Å². The van der Waals surface area contributed by atoms with Crippen LogP contribution in [0.25, 0.3) is 0 Å². The largest absolute Gasteiger partial charge is 0.373 e. The Kier molecular flexibility index (Phi) is 4.00. The van der Waals surface area contributed by atoms with E-state index in [2.05, 4.69) is 0 Å². The zero-order valence-electron chi connectivity index (χ0n) is 8.85. The zero-order chi connectivity index (χ0) is 10.7. The lowest BCUT2D eigenvalue weighted by Crippen LogP contribution is -2.56. The predicted molar refractivity (Wildman–Crippen MR) is 47.9 cm³/mol. The van der Waals surface area contributed by atoms with Crippen LogP contribution in [0.5, 0.6) is 0 Å². The Hall–Kier alpha value is -0.490. The van der Waals surface area contributed by atoms with Crippen molar-refractivity contribution in [1.29, 1.82) is 0 Å². The van der Waals surface area contributed by atoms with E-state index < -0.39 is 24.6 Å². The van der Waals surface area contributed by atoms with Crippen LogP contribution in [0, 0.1) is 0 Å². The third-order valence-electron chi connectivity index (χ3n) is 2.34. The first kappa shape index (κ1) is 11.6. The van der Waals surface area contributed by atoms with Crippen molar-refractivity contribution in [2.24, 2.45) is 0 Å². The molecule has 14 heavy (non-hydrogen) atoms. The highest BCUT2D eigenvalue weighted by atomic mass is 16.7. The number of hydrogen-bond donors (Lipinski definition) is 0. The average molecular weight is 204 g/mol. The smallest absolute Gasteiger partial charge is 0.192 e. The van der Waals surface area contributed by atoms with Crippen molar-refractivity contribution in [2.75, 3.05) is 21.3 Å². The summed E-state index contributed by atoms with van der Waals surface area (Å²) in [5, 5.41) is 0. The Morgan fingerprint density at radius 1 is 1.14 bits per heavy atom. The molecule has 1 rings (SSSR count). The van der Waals surface area contributed by atoms with Crippen LogP contribution in [-0.2, 0) is 23.7 Å². The molecule has 0 radical (unpaired) electrons. The molecule has 1 aliphatic heterocycles. The van der Waals surface area contributed by atoms with Crippen LogP contribution < -0.4 is 0 Å². The topological polar surface area (TPSA) is 54.0 Å². The van der Waals surface area contributed by atoms with Gasteiger partial charge in [-0.3, -0.25) is 4.79 Å². The normalized spacial score (nSPS) is 38.7. The molecule has 5 heteroatoms. The lowest BCUT2D eigenvalue weighted by atomic mass is 10.0. The van der Waals surface area contributed by atoms with Crippen molar-refractivity contribution in [2.45, 2.75) is 31.5 Å². The number of rotatable bonds is 3. The fourth-order valence-corrected chi connectivity index (χ4v) is 1.56. The number of ether oxygens (including phenoxy) is 4. The molecule has 4 atom stereocenters. The van der Waals surface area contributed by atoms with E-state index in [1.54, 1.807) is 6.92 Å². The molecular formula is C9H16O5. The molecule has 0 spiro atoms. The highest BCUT2D eigenvalue weighted by molar-refractivity contribution is 5.88. The maximum atomic E-state index is 11.6. The maximum absolute atomic E-state index is 11.6. The summed E-state index contributed by atoms with van der Waals surface area (Å²) in [5.74, 6) is -0.118. The fraction of sp³-hybridized carbons (Fsp3) is 0.889. The molecule has 5 nitrogen and oxygen atoms in total. The van der Waals surface area contributed by atoms with Crippen molar-refractivity contribution >= 4 is 5.78 Å². The number of hydrogen-bond acceptors (Lipinski definition) is 5. The van der Waals surface area contributed by atoms with Crippen molar-refractivity contribution in [1.82, 2.24) is 0 Å². The number of methoxy groups -OCH3 is 3. The van der Waals surface area contributed by atoms with Crippen LogP contribution in [0.15, 0.2) is 0 Å². The molecule has 0 bridgehead atoms. The maximum Gasteiger partial charge on any atom is 0.192 e. The number of Topliss-reactive ketones (excluding diaryl/α,β-unsaturated/α-hetero) is 1. The van der Waals surface area contributed by atoms with Gasteiger partial charge in [0.25, 0.3) is 0 Å². The highest BCUT2D eigenvalue weighted by Gasteiger charge is 2.44. The number of carbonyl (C=O) groups is 1. The van der Waals surface area contributed by atoms with E-state index in [0.717, 1.165) is 0 Å². The standard InChI is InChI=1S/C9H16O5/c1-5-6(10)7(11-2)8(12-3)9(13-4)14-5/h5,7-9H,1-4H3/t5-,7+,8-,9+/m1/s1. The molecule has 82 valence electrons. The van der Waals surface area contributed by atoms with Crippen molar-refractivity contribution < 1.29 is 23.7 Å². The second-order valence-electron chi connectivity index (χ2n) is 3.14. The van der Waals surface area contributed by atoms with Crippen molar-refractivity contribution in [3.05, 3.63) is 0 Å². The molecular weight excluding hydrogens is 188 g/mol. The second-order valence-corrected chi connectivity index (χ2v) is 3.14. The van der Waals surface area contributed by atoms with Crippen LogP contribution in [-0.4, -0.2) is 51.7 Å². The van der Waals surface area contributed by atoms with Crippen LogP contribution in [0.2, 0.25) is 0 Å². The molecule has 0 aromatic carbocycles. The summed E-state index contributed by atoms with van der Waals surface area (Å²) in [6.45, 7) is 1.67. The van der Waals surface area contributed by atoms with Gasteiger partial charge in [0.2, 0.25) is 0 Å². The Balaban J connectivity index is 2.80. The Labute approximate surface area is 83.3 Å². The second kappa shape index (κ2) is 4.84. The van der Waals surface area contributed by atoms with E-state index in [1.807, 2.05) is 0 Å². The highest BCUT2D eigenvalue weighted by Crippen LogP contribution is 2.22. The van der Waals surface area contributed by atoms with Gasteiger partial charge in [-0.1, -0.05) is 0 Å². The zero-order valence-corrected chi connectivity index (χ0v) is 8.85. The minimum absolute atomic E-state index is 0.118. The monoisotopic (exact) mass is 204 g/mol. The summed E-state index contributed by atoms with van der Waals surface area (Å²) in [5.41, 5.74) is 0. The Morgan fingerprint density at radius 2 is 1.79 bits per heavy atom. The molecule has 0 saturated carbocycles.